The lowest BCUT2D eigenvalue weighted by atomic mass is 9.67. The van der Waals surface area contributed by atoms with Gasteiger partial charge in [0.2, 0.25) is 0 Å². The number of aliphatic imine (C=N–C) groups is 1. The second-order valence-electron chi connectivity index (χ2n) is 9.45. The highest BCUT2D eigenvalue weighted by Crippen LogP contribution is 2.48. The highest BCUT2D eigenvalue weighted by atomic mass is 16.6. The zero-order valence-electron chi connectivity index (χ0n) is 18.9. The molecule has 7 heteroatoms. The van der Waals surface area contributed by atoms with E-state index < -0.39 is 22.7 Å². The molecule has 0 bridgehead atoms. The Bertz CT molecular complexity index is 1160. The van der Waals surface area contributed by atoms with E-state index in [2.05, 4.69) is 0 Å². The molecule has 0 saturated carbocycles. The number of non-ortho nitro benzene ring substituents is 1. The molecule has 0 radical (unpaired) electrons. The van der Waals surface area contributed by atoms with Crippen molar-refractivity contribution < 1.29 is 19.2 Å². The molecule has 2 atom stereocenters. The van der Waals surface area contributed by atoms with Crippen LogP contribution in [0.5, 0.6) is 0 Å². The summed E-state index contributed by atoms with van der Waals surface area (Å²) in [5.74, 6) is -1.88. The van der Waals surface area contributed by atoms with E-state index in [4.69, 9.17) is 9.73 Å². The third-order valence-corrected chi connectivity index (χ3v) is 6.24. The van der Waals surface area contributed by atoms with E-state index in [1.54, 1.807) is 19.1 Å². The van der Waals surface area contributed by atoms with Crippen molar-refractivity contribution in [1.82, 2.24) is 0 Å². The first-order chi connectivity index (χ1) is 15.7. The van der Waals surface area contributed by atoms with Gasteiger partial charge in [-0.2, -0.15) is 0 Å². The van der Waals surface area contributed by atoms with Crippen molar-refractivity contribution in [2.24, 2.45) is 16.3 Å². The molecule has 33 heavy (non-hydrogen) atoms. The van der Waals surface area contributed by atoms with Crippen molar-refractivity contribution in [1.29, 1.82) is 0 Å². The number of ether oxygens (including phenoxy) is 1. The van der Waals surface area contributed by atoms with Crippen molar-refractivity contribution in [3.8, 4) is 0 Å². The molecular formula is C26H26N2O5. The van der Waals surface area contributed by atoms with Crippen LogP contribution in [0.4, 0.5) is 5.69 Å². The maximum atomic E-state index is 13.3. The summed E-state index contributed by atoms with van der Waals surface area (Å²) < 4.78 is 5.65. The standard InChI is InChI=1S/C26H26N2O5/c1-16-22(25(30)33-15-17-7-5-4-6-8-17)23(18-9-11-19(12-10-18)28(31)32)24-20(27-16)13-26(2,3)14-21(24)29/h4-12,22-23H,13-15H2,1-3H3/t22?,23-/m1/s1. The molecule has 2 aromatic rings. The number of nitro groups is 1. The number of allylic oxidation sites excluding steroid dienone is 2. The normalized spacial score (nSPS) is 21.8. The van der Waals surface area contributed by atoms with E-state index in [0.717, 1.165) is 5.56 Å². The molecule has 0 aromatic heterocycles. The Hall–Kier alpha value is -3.61. The molecule has 0 spiro atoms. The summed E-state index contributed by atoms with van der Waals surface area (Å²) in [5, 5.41) is 11.1. The predicted octanol–water partition coefficient (Wildman–Crippen LogP) is 5.16. The molecule has 170 valence electrons. The molecule has 2 aliphatic rings. The number of carbonyl (C=O) groups excluding carboxylic acids is 2. The second kappa shape index (κ2) is 8.73. The summed E-state index contributed by atoms with van der Waals surface area (Å²) in [5.41, 5.74) is 3.06. The van der Waals surface area contributed by atoms with Crippen LogP contribution in [0, 0.1) is 21.4 Å². The number of ketones is 1. The van der Waals surface area contributed by atoms with Crippen LogP contribution in [0.2, 0.25) is 0 Å². The van der Waals surface area contributed by atoms with Crippen molar-refractivity contribution >= 4 is 23.2 Å². The van der Waals surface area contributed by atoms with Gasteiger partial charge in [0.05, 0.1) is 4.92 Å². The van der Waals surface area contributed by atoms with Crippen LogP contribution in [0.15, 0.2) is 70.9 Å². The quantitative estimate of drug-likeness (QED) is 0.359. The van der Waals surface area contributed by atoms with Crippen LogP contribution in [0.3, 0.4) is 0 Å². The molecule has 7 nitrogen and oxygen atoms in total. The Morgan fingerprint density at radius 2 is 1.79 bits per heavy atom. The molecule has 0 saturated heterocycles. The predicted molar refractivity (Wildman–Crippen MR) is 124 cm³/mol. The summed E-state index contributed by atoms with van der Waals surface area (Å²) in [6, 6.07) is 15.4. The van der Waals surface area contributed by atoms with Gasteiger partial charge in [0.25, 0.3) is 5.69 Å². The third-order valence-electron chi connectivity index (χ3n) is 6.24. The maximum Gasteiger partial charge on any atom is 0.315 e. The largest absolute Gasteiger partial charge is 0.460 e. The van der Waals surface area contributed by atoms with Gasteiger partial charge >= 0.3 is 5.97 Å². The molecular weight excluding hydrogens is 420 g/mol. The first-order valence-electron chi connectivity index (χ1n) is 10.9. The lowest BCUT2D eigenvalue weighted by Crippen LogP contribution is -2.39. The van der Waals surface area contributed by atoms with Crippen LogP contribution >= 0.6 is 0 Å². The highest BCUT2D eigenvalue weighted by Gasteiger charge is 2.46. The molecule has 1 heterocycles. The van der Waals surface area contributed by atoms with Crippen molar-refractivity contribution in [2.75, 3.05) is 0 Å². The zero-order valence-corrected chi connectivity index (χ0v) is 18.9. The van der Waals surface area contributed by atoms with Crippen molar-refractivity contribution in [3.05, 3.63) is 87.1 Å². The van der Waals surface area contributed by atoms with Crippen LogP contribution in [0.25, 0.3) is 0 Å². The number of esters is 1. The molecule has 0 fully saturated rings. The van der Waals surface area contributed by atoms with Crippen LogP contribution in [0.1, 0.15) is 50.7 Å². The number of nitro benzene ring substituents is 1. The van der Waals surface area contributed by atoms with E-state index in [-0.39, 0.29) is 23.5 Å². The fourth-order valence-corrected chi connectivity index (χ4v) is 4.73. The number of hydrogen-bond acceptors (Lipinski definition) is 6. The van der Waals surface area contributed by atoms with Gasteiger partial charge in [0.15, 0.2) is 5.78 Å². The lowest BCUT2D eigenvalue weighted by molar-refractivity contribution is -0.384. The topological polar surface area (TPSA) is 98.9 Å². The number of hydrogen-bond donors (Lipinski definition) is 0. The Labute approximate surface area is 192 Å². The van der Waals surface area contributed by atoms with Crippen molar-refractivity contribution in [2.45, 2.75) is 46.1 Å². The Kier molecular flexibility index (Phi) is 5.97. The molecule has 4 rings (SSSR count). The number of benzene rings is 2. The minimum atomic E-state index is -0.779. The minimum Gasteiger partial charge on any atom is -0.460 e. The molecule has 2 aromatic carbocycles. The van der Waals surface area contributed by atoms with Gasteiger partial charge in [-0.1, -0.05) is 56.3 Å². The number of nitrogens with zero attached hydrogens (tertiary/aromatic N) is 2. The van der Waals surface area contributed by atoms with Gasteiger partial charge in [-0.3, -0.25) is 24.7 Å². The lowest BCUT2D eigenvalue weighted by Gasteiger charge is -2.39. The Morgan fingerprint density at radius 1 is 1.12 bits per heavy atom. The highest BCUT2D eigenvalue weighted by molar-refractivity contribution is 6.09. The van der Waals surface area contributed by atoms with Gasteiger partial charge in [-0.25, -0.2) is 0 Å². The minimum absolute atomic E-state index is 0.0401. The molecule has 1 unspecified atom stereocenters. The fourth-order valence-electron chi connectivity index (χ4n) is 4.73. The molecule has 0 amide bonds. The monoisotopic (exact) mass is 446 g/mol. The van der Waals surface area contributed by atoms with Crippen LogP contribution in [-0.2, 0) is 20.9 Å². The van der Waals surface area contributed by atoms with Gasteiger partial charge in [0.1, 0.15) is 12.5 Å². The number of rotatable bonds is 5. The fraction of sp³-hybridized carbons (Fsp3) is 0.346. The Morgan fingerprint density at radius 3 is 2.42 bits per heavy atom. The third kappa shape index (κ3) is 4.62. The van der Waals surface area contributed by atoms with Gasteiger partial charge in [-0.05, 0) is 29.9 Å². The number of carbonyl (C=O) groups is 2. The van der Waals surface area contributed by atoms with Crippen LogP contribution < -0.4 is 0 Å². The van der Waals surface area contributed by atoms with Gasteiger partial charge in [-0.15, -0.1) is 0 Å². The maximum absolute atomic E-state index is 13.3. The summed E-state index contributed by atoms with van der Waals surface area (Å²) in [6.45, 7) is 5.95. The van der Waals surface area contributed by atoms with E-state index in [9.17, 15) is 19.7 Å². The van der Waals surface area contributed by atoms with Gasteiger partial charge in [0, 0.05) is 41.5 Å². The van der Waals surface area contributed by atoms with E-state index in [1.165, 1.54) is 12.1 Å². The van der Waals surface area contributed by atoms with E-state index >= 15 is 0 Å². The van der Waals surface area contributed by atoms with E-state index in [1.807, 2.05) is 44.2 Å². The summed E-state index contributed by atoms with van der Waals surface area (Å²) in [4.78, 5) is 41.9. The van der Waals surface area contributed by atoms with Crippen LogP contribution in [-0.4, -0.2) is 22.4 Å². The second-order valence-corrected chi connectivity index (χ2v) is 9.45. The van der Waals surface area contributed by atoms with E-state index in [0.29, 0.717) is 35.4 Å². The Balaban J connectivity index is 1.73. The SMILES string of the molecule is CC1=NC2=C(C(=O)CC(C)(C)C2)[C@H](c2ccc([N+](=O)[O-])cc2)C1C(=O)OCc1ccccc1. The average Bonchev–Trinajstić information content (AvgIpc) is 2.76. The molecule has 0 N–H and O–H groups in total. The summed E-state index contributed by atoms with van der Waals surface area (Å²) in [7, 11) is 0. The van der Waals surface area contributed by atoms with Crippen molar-refractivity contribution in [3.63, 3.8) is 0 Å². The first-order valence-corrected chi connectivity index (χ1v) is 10.9. The smallest absolute Gasteiger partial charge is 0.315 e. The number of Topliss-reactive ketones (excluding diaryl/α,β-unsaturated/α-hetero) is 1. The first kappa shape index (κ1) is 22.6. The average molecular weight is 447 g/mol. The van der Waals surface area contributed by atoms with Gasteiger partial charge < -0.3 is 4.74 Å². The molecule has 1 aliphatic carbocycles. The zero-order chi connectivity index (χ0) is 23.8. The summed E-state index contributed by atoms with van der Waals surface area (Å²) >= 11 is 0. The molecule has 1 aliphatic heterocycles. The summed E-state index contributed by atoms with van der Waals surface area (Å²) in [6.07, 6.45) is 0.982.